The molecule has 4 nitrogen and oxygen atoms in total. The van der Waals surface area contributed by atoms with Crippen molar-refractivity contribution in [2.45, 2.75) is 38.6 Å². The summed E-state index contributed by atoms with van der Waals surface area (Å²) < 4.78 is 1.01. The van der Waals surface area contributed by atoms with Crippen molar-refractivity contribution in [1.82, 2.24) is 10.2 Å². The summed E-state index contributed by atoms with van der Waals surface area (Å²) in [5, 5.41) is 4.02. The van der Waals surface area contributed by atoms with Crippen LogP contribution in [-0.2, 0) is 28.3 Å². The van der Waals surface area contributed by atoms with Gasteiger partial charge in [0.1, 0.15) is 6.04 Å². The van der Waals surface area contributed by atoms with Crippen LogP contribution in [0, 0.1) is 5.92 Å². The van der Waals surface area contributed by atoms with E-state index in [-0.39, 0.29) is 30.0 Å². The molecule has 0 unspecified atom stereocenters. The highest BCUT2D eigenvalue weighted by Crippen LogP contribution is 2.25. The maximum absolute atomic E-state index is 13.7. The standard InChI is InChI=1S/C29H31BrCl2N2O2S/c1-20(2)16-33-29(36)27(14-21-6-4-3-5-7-21)34(17-23-10-13-25(31)15-26(23)32)28(35)19-37-18-22-8-11-24(30)12-9-22/h3-13,15,20,27H,14,16-19H2,1-2H3,(H,33,36)/t27-/m0/s1. The highest BCUT2D eigenvalue weighted by molar-refractivity contribution is 9.10. The lowest BCUT2D eigenvalue weighted by Crippen LogP contribution is -2.51. The lowest BCUT2D eigenvalue weighted by Gasteiger charge is -2.32. The molecule has 1 N–H and O–H groups in total. The van der Waals surface area contributed by atoms with Gasteiger partial charge in [0.2, 0.25) is 11.8 Å². The number of halogens is 3. The molecular weight excluding hydrogens is 591 g/mol. The minimum absolute atomic E-state index is 0.117. The summed E-state index contributed by atoms with van der Waals surface area (Å²) in [6, 6.07) is 22.3. The number of benzene rings is 3. The largest absolute Gasteiger partial charge is 0.354 e. The van der Waals surface area contributed by atoms with Gasteiger partial charge in [-0.3, -0.25) is 9.59 Å². The van der Waals surface area contributed by atoms with Gasteiger partial charge >= 0.3 is 0 Å². The lowest BCUT2D eigenvalue weighted by atomic mass is 10.0. The van der Waals surface area contributed by atoms with E-state index < -0.39 is 6.04 Å². The molecule has 0 aliphatic heterocycles. The summed E-state index contributed by atoms with van der Waals surface area (Å²) in [6.07, 6.45) is 0.402. The number of carbonyl (C=O) groups is 2. The molecule has 0 aromatic heterocycles. The zero-order chi connectivity index (χ0) is 26.8. The van der Waals surface area contributed by atoms with Gasteiger partial charge in [0.25, 0.3) is 0 Å². The number of carbonyl (C=O) groups excluding carboxylic acids is 2. The predicted octanol–water partition coefficient (Wildman–Crippen LogP) is 7.40. The monoisotopic (exact) mass is 620 g/mol. The first-order valence-corrected chi connectivity index (χ1v) is 14.8. The van der Waals surface area contributed by atoms with Gasteiger partial charge in [-0.25, -0.2) is 0 Å². The van der Waals surface area contributed by atoms with Crippen molar-refractivity contribution in [3.8, 4) is 0 Å². The molecule has 8 heteroatoms. The fourth-order valence-corrected chi connectivity index (χ4v) is 5.33. The Morgan fingerprint density at radius 3 is 2.32 bits per heavy atom. The van der Waals surface area contributed by atoms with Crippen LogP contribution < -0.4 is 5.32 Å². The molecule has 0 radical (unpaired) electrons. The molecule has 3 rings (SSSR count). The van der Waals surface area contributed by atoms with Gasteiger partial charge in [0, 0.05) is 39.8 Å². The third-order valence-electron chi connectivity index (χ3n) is 5.72. The van der Waals surface area contributed by atoms with Crippen LogP contribution >= 0.6 is 50.9 Å². The molecule has 37 heavy (non-hydrogen) atoms. The molecule has 0 saturated heterocycles. The molecule has 0 aliphatic carbocycles. The fraction of sp³-hybridized carbons (Fsp3) is 0.310. The third-order valence-corrected chi connectivity index (χ3v) is 7.82. The second-order valence-electron chi connectivity index (χ2n) is 9.22. The molecular formula is C29H31BrCl2N2O2S. The van der Waals surface area contributed by atoms with Gasteiger partial charge in [-0.1, -0.05) is 102 Å². The SMILES string of the molecule is CC(C)CNC(=O)[C@H](Cc1ccccc1)N(Cc1ccc(Cl)cc1Cl)C(=O)CSCc1ccc(Br)cc1. The fourth-order valence-electron chi connectivity index (χ4n) is 3.73. The summed E-state index contributed by atoms with van der Waals surface area (Å²) in [4.78, 5) is 28.8. The summed E-state index contributed by atoms with van der Waals surface area (Å²) in [5.74, 6) is 0.932. The topological polar surface area (TPSA) is 49.4 Å². The molecule has 3 aromatic rings. The van der Waals surface area contributed by atoms with Crippen LogP contribution in [-0.4, -0.2) is 35.1 Å². The van der Waals surface area contributed by atoms with Crippen LogP contribution in [0.3, 0.4) is 0 Å². The van der Waals surface area contributed by atoms with E-state index >= 15 is 0 Å². The van der Waals surface area contributed by atoms with E-state index in [0.717, 1.165) is 21.2 Å². The van der Waals surface area contributed by atoms with Crippen LogP contribution in [0.4, 0.5) is 0 Å². The smallest absolute Gasteiger partial charge is 0.243 e. The first-order valence-electron chi connectivity index (χ1n) is 12.1. The minimum Gasteiger partial charge on any atom is -0.354 e. The Morgan fingerprint density at radius 1 is 0.973 bits per heavy atom. The van der Waals surface area contributed by atoms with E-state index in [9.17, 15) is 9.59 Å². The maximum Gasteiger partial charge on any atom is 0.243 e. The van der Waals surface area contributed by atoms with E-state index in [4.69, 9.17) is 23.2 Å². The van der Waals surface area contributed by atoms with Crippen molar-refractivity contribution < 1.29 is 9.59 Å². The Labute approximate surface area is 242 Å². The second kappa shape index (κ2) is 14.8. The quantitative estimate of drug-likeness (QED) is 0.229. The van der Waals surface area contributed by atoms with Crippen molar-refractivity contribution in [3.63, 3.8) is 0 Å². The van der Waals surface area contributed by atoms with E-state index in [1.165, 1.54) is 11.8 Å². The Bertz CT molecular complexity index is 1180. The number of nitrogens with zero attached hydrogens (tertiary/aromatic N) is 1. The highest BCUT2D eigenvalue weighted by atomic mass is 79.9. The van der Waals surface area contributed by atoms with Gasteiger partial charge in [-0.2, -0.15) is 0 Å². The van der Waals surface area contributed by atoms with Gasteiger partial charge in [0.15, 0.2) is 0 Å². The number of thioether (sulfide) groups is 1. The molecule has 0 aliphatic rings. The summed E-state index contributed by atoms with van der Waals surface area (Å²) in [7, 11) is 0. The van der Waals surface area contributed by atoms with Gasteiger partial charge in [-0.15, -0.1) is 11.8 Å². The first kappa shape index (κ1) is 29.6. The van der Waals surface area contributed by atoms with Crippen molar-refractivity contribution in [1.29, 1.82) is 0 Å². The molecule has 196 valence electrons. The molecule has 0 saturated carbocycles. The van der Waals surface area contributed by atoms with Crippen LogP contribution in [0.25, 0.3) is 0 Å². The van der Waals surface area contributed by atoms with Crippen LogP contribution in [0.2, 0.25) is 10.0 Å². The van der Waals surface area contributed by atoms with Crippen LogP contribution in [0.1, 0.15) is 30.5 Å². The molecule has 0 heterocycles. The Hall–Kier alpha value is -1.99. The average molecular weight is 622 g/mol. The molecule has 0 spiro atoms. The van der Waals surface area contributed by atoms with E-state index in [1.807, 2.05) is 74.5 Å². The molecule has 3 aromatic carbocycles. The van der Waals surface area contributed by atoms with Crippen molar-refractivity contribution in [2.75, 3.05) is 12.3 Å². The molecule has 2 amide bonds. The number of hydrogen-bond acceptors (Lipinski definition) is 3. The number of hydrogen-bond donors (Lipinski definition) is 1. The van der Waals surface area contributed by atoms with Crippen LogP contribution in [0.15, 0.2) is 77.3 Å². The molecule has 1 atom stereocenters. The van der Waals surface area contributed by atoms with Gasteiger partial charge in [0.05, 0.1) is 5.75 Å². The number of amides is 2. The Balaban J connectivity index is 1.86. The zero-order valence-corrected chi connectivity index (χ0v) is 24.8. The molecule has 0 fully saturated rings. The van der Waals surface area contributed by atoms with Crippen molar-refractivity contribution in [3.05, 3.63) is 104 Å². The first-order chi connectivity index (χ1) is 17.7. The minimum atomic E-state index is -0.686. The Kier molecular flexibility index (Phi) is 11.8. The lowest BCUT2D eigenvalue weighted by molar-refractivity contribution is -0.139. The van der Waals surface area contributed by atoms with Gasteiger partial charge < -0.3 is 10.2 Å². The third kappa shape index (κ3) is 9.68. The summed E-state index contributed by atoms with van der Waals surface area (Å²) in [5.41, 5.74) is 2.85. The molecule has 0 bridgehead atoms. The average Bonchev–Trinajstić information content (AvgIpc) is 2.87. The summed E-state index contributed by atoms with van der Waals surface area (Å²) in [6.45, 7) is 4.83. The predicted molar refractivity (Wildman–Crippen MR) is 159 cm³/mol. The number of rotatable bonds is 12. The van der Waals surface area contributed by atoms with E-state index in [0.29, 0.717) is 28.8 Å². The highest BCUT2D eigenvalue weighted by Gasteiger charge is 2.30. The summed E-state index contributed by atoms with van der Waals surface area (Å²) >= 11 is 17.6. The Morgan fingerprint density at radius 2 is 1.68 bits per heavy atom. The van der Waals surface area contributed by atoms with Crippen LogP contribution in [0.5, 0.6) is 0 Å². The van der Waals surface area contributed by atoms with E-state index in [2.05, 4.69) is 21.2 Å². The normalized spacial score (nSPS) is 11.8. The van der Waals surface area contributed by atoms with Gasteiger partial charge in [-0.05, 0) is 46.9 Å². The van der Waals surface area contributed by atoms with E-state index in [1.54, 1.807) is 17.0 Å². The van der Waals surface area contributed by atoms with Crippen molar-refractivity contribution in [2.24, 2.45) is 5.92 Å². The maximum atomic E-state index is 13.7. The number of nitrogens with one attached hydrogen (secondary N) is 1. The zero-order valence-electron chi connectivity index (χ0n) is 20.9. The van der Waals surface area contributed by atoms with Crippen molar-refractivity contribution >= 4 is 62.7 Å². The second-order valence-corrected chi connectivity index (χ2v) is 12.0.